The molecule has 1 aliphatic heterocycles. The lowest BCUT2D eigenvalue weighted by atomic mass is 9.97. The first-order valence-corrected chi connectivity index (χ1v) is 8.59. The lowest BCUT2D eigenvalue weighted by Gasteiger charge is -2.19. The van der Waals surface area contributed by atoms with Gasteiger partial charge >= 0.3 is 6.09 Å². The second kappa shape index (κ2) is 8.03. The summed E-state index contributed by atoms with van der Waals surface area (Å²) in [6.07, 6.45) is 2.63. The van der Waals surface area contributed by atoms with Crippen molar-refractivity contribution in [2.75, 3.05) is 18.5 Å². The minimum absolute atomic E-state index is 0.0258. The van der Waals surface area contributed by atoms with Gasteiger partial charge in [0.1, 0.15) is 6.61 Å². The topological polar surface area (TPSA) is 77.5 Å². The Morgan fingerprint density at radius 2 is 2.17 bits per heavy atom. The first-order chi connectivity index (χ1) is 11.7. The number of carbonyl (C=O) groups excluding carboxylic acids is 2. The average molecular weight is 346 g/mol. The van der Waals surface area contributed by atoms with Crippen LogP contribution in [0.25, 0.3) is 0 Å². The van der Waals surface area contributed by atoms with Crippen LogP contribution >= 0.6 is 11.3 Å². The van der Waals surface area contributed by atoms with E-state index in [1.54, 1.807) is 0 Å². The molecule has 2 aromatic rings. The van der Waals surface area contributed by atoms with E-state index >= 15 is 0 Å². The van der Waals surface area contributed by atoms with Gasteiger partial charge in [0.15, 0.2) is 10.9 Å². The third kappa shape index (κ3) is 4.39. The van der Waals surface area contributed by atoms with Gasteiger partial charge in [-0.05, 0) is 18.4 Å². The van der Waals surface area contributed by atoms with Crippen molar-refractivity contribution in [3.05, 3.63) is 47.0 Å². The summed E-state index contributed by atoms with van der Waals surface area (Å²) >= 11 is 1.16. The smallest absolute Gasteiger partial charge is 0.413 e. The van der Waals surface area contributed by atoms with Gasteiger partial charge in [-0.2, -0.15) is 0 Å². The highest BCUT2D eigenvalue weighted by Gasteiger charge is 2.25. The predicted molar refractivity (Wildman–Crippen MR) is 90.2 cm³/mol. The molecule has 1 aliphatic rings. The van der Waals surface area contributed by atoms with Gasteiger partial charge in [0, 0.05) is 12.5 Å². The van der Waals surface area contributed by atoms with E-state index in [-0.39, 0.29) is 18.3 Å². The predicted octanol–water partition coefficient (Wildman–Crippen LogP) is 3.50. The molecule has 24 heavy (non-hydrogen) atoms. The molecule has 1 fully saturated rings. The number of nitrogens with one attached hydrogen (secondary N) is 1. The maximum Gasteiger partial charge on any atom is 0.413 e. The summed E-state index contributed by atoms with van der Waals surface area (Å²) in [4.78, 5) is 28.8. The zero-order chi connectivity index (χ0) is 16.8. The van der Waals surface area contributed by atoms with Crippen LogP contribution in [0.4, 0.5) is 9.93 Å². The number of ketones is 1. The van der Waals surface area contributed by atoms with Crippen LogP contribution in [-0.2, 0) is 16.1 Å². The van der Waals surface area contributed by atoms with Crippen molar-refractivity contribution in [3.63, 3.8) is 0 Å². The summed E-state index contributed by atoms with van der Waals surface area (Å²) in [5.74, 6) is -0.0880. The highest BCUT2D eigenvalue weighted by molar-refractivity contribution is 7.17. The molecular formula is C17H18N2O4S. The molecule has 0 bridgehead atoms. The van der Waals surface area contributed by atoms with Crippen LogP contribution in [0.1, 0.15) is 28.1 Å². The third-order valence-corrected chi connectivity index (χ3v) is 4.63. The van der Waals surface area contributed by atoms with Crippen LogP contribution in [0.15, 0.2) is 36.5 Å². The Morgan fingerprint density at radius 1 is 1.33 bits per heavy atom. The highest BCUT2D eigenvalue weighted by Crippen LogP contribution is 2.25. The minimum atomic E-state index is -0.590. The molecule has 126 valence electrons. The van der Waals surface area contributed by atoms with Gasteiger partial charge in [-0.3, -0.25) is 10.1 Å². The zero-order valence-corrected chi connectivity index (χ0v) is 13.9. The Bertz CT molecular complexity index is 696. The highest BCUT2D eigenvalue weighted by atomic mass is 32.1. The number of thiazole rings is 1. The van der Waals surface area contributed by atoms with Gasteiger partial charge in [0.2, 0.25) is 0 Å². The SMILES string of the molecule is O=C(Nc1ncc(C(=O)C2CCCOC2)s1)OCc1ccccc1. The summed E-state index contributed by atoms with van der Waals surface area (Å²) in [6, 6.07) is 9.41. The van der Waals surface area contributed by atoms with Crippen molar-refractivity contribution >= 4 is 28.3 Å². The van der Waals surface area contributed by atoms with Gasteiger partial charge < -0.3 is 9.47 Å². The Labute approximate surface area is 143 Å². The molecule has 7 heteroatoms. The molecular weight excluding hydrogens is 328 g/mol. The summed E-state index contributed by atoms with van der Waals surface area (Å²) in [5, 5.41) is 2.91. The van der Waals surface area contributed by atoms with Crippen LogP contribution < -0.4 is 5.32 Å². The van der Waals surface area contributed by atoms with E-state index in [0.29, 0.717) is 23.2 Å². The molecule has 1 amide bonds. The number of hydrogen-bond acceptors (Lipinski definition) is 6. The molecule has 0 aliphatic carbocycles. The largest absolute Gasteiger partial charge is 0.444 e. The molecule has 0 spiro atoms. The quantitative estimate of drug-likeness (QED) is 0.839. The Hall–Kier alpha value is -2.25. The summed E-state index contributed by atoms with van der Waals surface area (Å²) in [5.41, 5.74) is 0.903. The van der Waals surface area contributed by atoms with Crippen molar-refractivity contribution in [1.29, 1.82) is 0 Å². The lowest BCUT2D eigenvalue weighted by Crippen LogP contribution is -2.24. The molecule has 0 radical (unpaired) electrons. The minimum Gasteiger partial charge on any atom is -0.444 e. The van der Waals surface area contributed by atoms with Gasteiger partial charge in [0.05, 0.1) is 17.7 Å². The van der Waals surface area contributed by atoms with Gasteiger partial charge in [-0.15, -0.1) is 0 Å². The maximum atomic E-state index is 12.4. The molecule has 1 aromatic carbocycles. The van der Waals surface area contributed by atoms with Crippen LogP contribution in [0, 0.1) is 5.92 Å². The molecule has 6 nitrogen and oxygen atoms in total. The number of rotatable bonds is 5. The molecule has 3 rings (SSSR count). The van der Waals surface area contributed by atoms with Gasteiger partial charge in [-0.1, -0.05) is 41.7 Å². The molecule has 1 saturated heterocycles. The van der Waals surface area contributed by atoms with Crippen molar-refractivity contribution in [3.8, 4) is 0 Å². The molecule has 1 aromatic heterocycles. The lowest BCUT2D eigenvalue weighted by molar-refractivity contribution is 0.0464. The van der Waals surface area contributed by atoms with E-state index in [0.717, 1.165) is 29.7 Å². The molecule has 0 saturated carbocycles. The first kappa shape index (κ1) is 16.6. The van der Waals surface area contributed by atoms with E-state index < -0.39 is 6.09 Å². The number of carbonyl (C=O) groups is 2. The fourth-order valence-electron chi connectivity index (χ4n) is 2.44. The zero-order valence-electron chi connectivity index (χ0n) is 13.1. The molecule has 1 atom stereocenters. The number of hydrogen-bond donors (Lipinski definition) is 1. The number of ether oxygens (including phenoxy) is 2. The second-order valence-electron chi connectivity index (χ2n) is 5.49. The third-order valence-electron chi connectivity index (χ3n) is 3.70. The Balaban J connectivity index is 1.51. The van der Waals surface area contributed by atoms with E-state index in [9.17, 15) is 9.59 Å². The van der Waals surface area contributed by atoms with Gasteiger partial charge in [-0.25, -0.2) is 9.78 Å². The average Bonchev–Trinajstić information content (AvgIpc) is 3.09. The maximum absolute atomic E-state index is 12.4. The summed E-state index contributed by atoms with van der Waals surface area (Å²) in [6.45, 7) is 1.36. The van der Waals surface area contributed by atoms with Crippen molar-refractivity contribution in [1.82, 2.24) is 4.98 Å². The fraction of sp³-hybridized carbons (Fsp3) is 0.353. The number of anilines is 1. The van der Waals surface area contributed by atoms with Crippen LogP contribution in [0.3, 0.4) is 0 Å². The monoisotopic (exact) mass is 346 g/mol. The van der Waals surface area contributed by atoms with Crippen LogP contribution in [0.5, 0.6) is 0 Å². The molecule has 1 unspecified atom stereocenters. The van der Waals surface area contributed by atoms with Crippen molar-refractivity contribution < 1.29 is 19.1 Å². The Kier molecular flexibility index (Phi) is 5.55. The fourth-order valence-corrected chi connectivity index (χ4v) is 3.26. The number of Topliss-reactive ketones (excluding diaryl/α,β-unsaturated/α-hetero) is 1. The number of aromatic nitrogens is 1. The summed E-state index contributed by atoms with van der Waals surface area (Å²) in [7, 11) is 0. The van der Waals surface area contributed by atoms with Crippen LogP contribution in [-0.4, -0.2) is 30.1 Å². The number of benzene rings is 1. The second-order valence-corrected chi connectivity index (χ2v) is 6.53. The number of nitrogens with zero attached hydrogens (tertiary/aromatic N) is 1. The van der Waals surface area contributed by atoms with E-state index in [1.165, 1.54) is 6.20 Å². The van der Waals surface area contributed by atoms with Crippen molar-refractivity contribution in [2.45, 2.75) is 19.4 Å². The Morgan fingerprint density at radius 3 is 2.92 bits per heavy atom. The molecule has 1 N–H and O–H groups in total. The normalized spacial score (nSPS) is 17.2. The van der Waals surface area contributed by atoms with Crippen molar-refractivity contribution in [2.24, 2.45) is 5.92 Å². The van der Waals surface area contributed by atoms with E-state index in [1.807, 2.05) is 30.3 Å². The van der Waals surface area contributed by atoms with Gasteiger partial charge in [0.25, 0.3) is 0 Å². The first-order valence-electron chi connectivity index (χ1n) is 7.78. The van der Waals surface area contributed by atoms with E-state index in [2.05, 4.69) is 10.3 Å². The molecule has 2 heterocycles. The standard InChI is InChI=1S/C17H18N2O4S/c20-15(13-7-4-8-22-11-13)14-9-18-16(24-14)19-17(21)23-10-12-5-2-1-3-6-12/h1-3,5-6,9,13H,4,7-8,10-11H2,(H,18,19,21). The van der Waals surface area contributed by atoms with Crippen LogP contribution in [0.2, 0.25) is 0 Å². The van der Waals surface area contributed by atoms with E-state index in [4.69, 9.17) is 9.47 Å². The summed E-state index contributed by atoms with van der Waals surface area (Å²) < 4.78 is 10.5. The number of amides is 1.